The van der Waals surface area contributed by atoms with Crippen LogP contribution in [0, 0.1) is 0 Å². The molecule has 2 unspecified atom stereocenters. The summed E-state index contributed by atoms with van der Waals surface area (Å²) in [5, 5.41) is -0.397. The van der Waals surface area contributed by atoms with Crippen LogP contribution in [-0.4, -0.2) is 70.4 Å². The predicted octanol–water partition coefficient (Wildman–Crippen LogP) is 5.13. The first-order valence-electron chi connectivity index (χ1n) is 13.0. The first kappa shape index (κ1) is 28.5. The number of nitrogens with zero attached hydrogens (tertiary/aromatic N) is 2. The SMILES string of the molecule is COc1ccc(C2Sc3ccccc3N(CC[N+](C)(C)CCc3ccccc3OC)C(=O)C2OC(C)=O)cc1. The van der Waals surface area contributed by atoms with Gasteiger partial charge in [-0.2, -0.15) is 0 Å². The van der Waals surface area contributed by atoms with E-state index in [-0.39, 0.29) is 5.91 Å². The summed E-state index contributed by atoms with van der Waals surface area (Å²) in [6.07, 6.45) is -0.106. The van der Waals surface area contributed by atoms with Gasteiger partial charge in [-0.25, -0.2) is 0 Å². The summed E-state index contributed by atoms with van der Waals surface area (Å²) in [6, 6.07) is 23.6. The molecule has 2 atom stereocenters. The minimum atomic E-state index is -0.961. The summed E-state index contributed by atoms with van der Waals surface area (Å²) in [4.78, 5) is 29.1. The van der Waals surface area contributed by atoms with E-state index in [0.29, 0.717) is 11.0 Å². The molecule has 206 valence electrons. The van der Waals surface area contributed by atoms with E-state index in [2.05, 4.69) is 20.2 Å². The molecule has 1 aliphatic heterocycles. The highest BCUT2D eigenvalue weighted by Crippen LogP contribution is 2.46. The molecule has 0 saturated carbocycles. The standard InChI is InChI=1S/C31H37N2O5S/c1-22(34)38-29-30(24-14-16-25(36-4)17-15-24)39-28-13-9-7-11-26(28)32(31(29)35)19-21-33(2,3)20-18-23-10-6-8-12-27(23)37-5/h6-17,29-30H,18-21H2,1-5H3/q+1. The number of likely N-dealkylation sites (N-methyl/N-ethyl adjacent to an activating group) is 1. The van der Waals surface area contributed by atoms with Gasteiger partial charge in [0.2, 0.25) is 0 Å². The number of methoxy groups -OCH3 is 2. The maximum absolute atomic E-state index is 14.1. The number of amides is 1. The second kappa shape index (κ2) is 12.6. The van der Waals surface area contributed by atoms with E-state index in [1.165, 1.54) is 6.92 Å². The molecule has 3 aromatic carbocycles. The molecular weight excluding hydrogens is 512 g/mol. The zero-order valence-electron chi connectivity index (χ0n) is 23.3. The number of quaternary nitrogens is 1. The van der Waals surface area contributed by atoms with Crippen LogP contribution in [0.2, 0.25) is 0 Å². The van der Waals surface area contributed by atoms with Crippen molar-refractivity contribution < 1.29 is 28.3 Å². The van der Waals surface area contributed by atoms with Crippen LogP contribution in [0.5, 0.6) is 11.5 Å². The van der Waals surface area contributed by atoms with Crippen LogP contribution < -0.4 is 14.4 Å². The molecule has 0 aliphatic carbocycles. The van der Waals surface area contributed by atoms with Gasteiger partial charge in [0.15, 0.2) is 6.10 Å². The van der Waals surface area contributed by atoms with Crippen molar-refractivity contribution in [3.8, 4) is 11.5 Å². The maximum atomic E-state index is 14.1. The third-order valence-electron chi connectivity index (χ3n) is 7.04. The Labute approximate surface area is 235 Å². The minimum Gasteiger partial charge on any atom is -0.497 e. The molecule has 7 nitrogen and oxygen atoms in total. The van der Waals surface area contributed by atoms with Gasteiger partial charge in [0, 0.05) is 18.2 Å². The molecular formula is C31H37N2O5S+. The highest BCUT2D eigenvalue weighted by Gasteiger charge is 2.41. The molecule has 1 amide bonds. The van der Waals surface area contributed by atoms with Crippen molar-refractivity contribution >= 4 is 29.3 Å². The molecule has 39 heavy (non-hydrogen) atoms. The zero-order valence-corrected chi connectivity index (χ0v) is 24.1. The monoisotopic (exact) mass is 549 g/mol. The van der Waals surface area contributed by atoms with Crippen molar-refractivity contribution in [2.24, 2.45) is 0 Å². The number of carbonyl (C=O) groups is 2. The van der Waals surface area contributed by atoms with Gasteiger partial charge < -0.3 is 23.6 Å². The number of rotatable bonds is 10. The topological polar surface area (TPSA) is 65.1 Å². The Bertz CT molecular complexity index is 1290. The van der Waals surface area contributed by atoms with Crippen LogP contribution in [0.1, 0.15) is 23.3 Å². The van der Waals surface area contributed by atoms with Crippen molar-refractivity contribution in [3.05, 3.63) is 83.9 Å². The van der Waals surface area contributed by atoms with Crippen LogP contribution in [0.3, 0.4) is 0 Å². The normalized spacial score (nSPS) is 17.3. The number of benzene rings is 3. The average Bonchev–Trinajstić information content (AvgIpc) is 3.05. The average molecular weight is 550 g/mol. The number of esters is 1. The van der Waals surface area contributed by atoms with Gasteiger partial charge >= 0.3 is 5.97 Å². The Kier molecular flexibility index (Phi) is 9.20. The van der Waals surface area contributed by atoms with E-state index < -0.39 is 17.3 Å². The van der Waals surface area contributed by atoms with Crippen molar-refractivity contribution in [2.45, 2.75) is 29.6 Å². The molecule has 4 rings (SSSR count). The van der Waals surface area contributed by atoms with Crippen molar-refractivity contribution in [1.29, 1.82) is 0 Å². The molecule has 0 aromatic heterocycles. The molecule has 0 radical (unpaired) electrons. The molecule has 0 fully saturated rings. The molecule has 1 aliphatic rings. The van der Waals surface area contributed by atoms with Crippen molar-refractivity contribution in [2.75, 3.05) is 52.8 Å². The number of thioether (sulfide) groups is 1. The van der Waals surface area contributed by atoms with Gasteiger partial charge in [0.25, 0.3) is 5.91 Å². The van der Waals surface area contributed by atoms with Gasteiger partial charge in [-0.3, -0.25) is 9.59 Å². The van der Waals surface area contributed by atoms with E-state index in [4.69, 9.17) is 14.2 Å². The van der Waals surface area contributed by atoms with Crippen LogP contribution >= 0.6 is 11.8 Å². The van der Waals surface area contributed by atoms with Crippen molar-refractivity contribution in [3.63, 3.8) is 0 Å². The molecule has 0 saturated heterocycles. The van der Waals surface area contributed by atoms with E-state index in [1.807, 2.05) is 66.7 Å². The van der Waals surface area contributed by atoms with Crippen LogP contribution in [0.4, 0.5) is 5.69 Å². The second-order valence-electron chi connectivity index (χ2n) is 10.2. The summed E-state index contributed by atoms with van der Waals surface area (Å²) < 4.78 is 17.3. The third-order valence-corrected chi connectivity index (χ3v) is 8.41. The molecule has 0 spiro atoms. The van der Waals surface area contributed by atoms with Crippen LogP contribution in [0.15, 0.2) is 77.7 Å². The lowest BCUT2D eigenvalue weighted by Crippen LogP contribution is -2.50. The Hall–Kier alpha value is -3.49. The van der Waals surface area contributed by atoms with Gasteiger partial charge in [0.1, 0.15) is 11.5 Å². The Morgan fingerprint density at radius 3 is 2.31 bits per heavy atom. The van der Waals surface area contributed by atoms with Crippen LogP contribution in [-0.2, 0) is 20.7 Å². The highest BCUT2D eigenvalue weighted by molar-refractivity contribution is 7.99. The van der Waals surface area contributed by atoms with E-state index in [9.17, 15) is 9.59 Å². The highest BCUT2D eigenvalue weighted by atomic mass is 32.2. The number of anilines is 1. The minimum absolute atomic E-state index is 0.215. The number of hydrogen-bond acceptors (Lipinski definition) is 6. The predicted molar refractivity (Wildman–Crippen MR) is 154 cm³/mol. The van der Waals surface area contributed by atoms with E-state index >= 15 is 0 Å². The first-order chi connectivity index (χ1) is 18.7. The summed E-state index contributed by atoms with van der Waals surface area (Å²) in [5.74, 6) is 0.919. The Balaban J connectivity index is 1.59. The molecule has 3 aromatic rings. The van der Waals surface area contributed by atoms with Gasteiger partial charge in [-0.1, -0.05) is 42.5 Å². The number of para-hydroxylation sites is 2. The summed E-state index contributed by atoms with van der Waals surface area (Å²) in [5.41, 5.74) is 2.89. The van der Waals surface area contributed by atoms with Crippen molar-refractivity contribution in [1.82, 2.24) is 0 Å². The molecule has 0 N–H and O–H groups in total. The van der Waals surface area contributed by atoms with Gasteiger partial charge in [0.05, 0.1) is 58.9 Å². The molecule has 8 heteroatoms. The lowest BCUT2D eigenvalue weighted by atomic mass is 10.1. The van der Waals surface area contributed by atoms with E-state index in [0.717, 1.165) is 52.7 Å². The fourth-order valence-corrected chi connectivity index (χ4v) is 6.07. The summed E-state index contributed by atoms with van der Waals surface area (Å²) in [7, 11) is 7.65. The lowest BCUT2D eigenvalue weighted by molar-refractivity contribution is -0.888. The molecule has 1 heterocycles. The Morgan fingerprint density at radius 2 is 1.62 bits per heavy atom. The maximum Gasteiger partial charge on any atom is 0.303 e. The smallest absolute Gasteiger partial charge is 0.303 e. The lowest BCUT2D eigenvalue weighted by Gasteiger charge is -2.34. The number of carbonyl (C=O) groups excluding carboxylic acids is 2. The van der Waals surface area contributed by atoms with Gasteiger partial charge in [-0.05, 0) is 41.5 Å². The Morgan fingerprint density at radius 1 is 0.923 bits per heavy atom. The quantitative estimate of drug-likeness (QED) is 0.258. The first-order valence-corrected chi connectivity index (χ1v) is 13.9. The van der Waals surface area contributed by atoms with Crippen LogP contribution in [0.25, 0.3) is 0 Å². The number of ether oxygens (including phenoxy) is 3. The summed E-state index contributed by atoms with van der Waals surface area (Å²) in [6.45, 7) is 3.44. The van der Waals surface area contributed by atoms with Gasteiger partial charge in [-0.15, -0.1) is 11.8 Å². The summed E-state index contributed by atoms with van der Waals surface area (Å²) >= 11 is 1.55. The molecule has 0 bridgehead atoms. The fourth-order valence-electron chi connectivity index (χ4n) is 4.75. The number of fused-ring (bicyclic) bond motifs is 1. The fraction of sp³-hybridized carbons (Fsp3) is 0.355. The largest absolute Gasteiger partial charge is 0.497 e. The van der Waals surface area contributed by atoms with E-state index in [1.54, 1.807) is 30.9 Å². The third kappa shape index (κ3) is 6.94. The number of hydrogen-bond donors (Lipinski definition) is 0. The zero-order chi connectivity index (χ0) is 28.0. The second-order valence-corrected chi connectivity index (χ2v) is 11.4.